The predicted octanol–water partition coefficient (Wildman–Crippen LogP) is 4.51. The van der Waals surface area contributed by atoms with Gasteiger partial charge in [-0.15, -0.1) is 0 Å². The smallest absolute Gasteiger partial charge is 0.288 e. The summed E-state index contributed by atoms with van der Waals surface area (Å²) in [6.45, 7) is 0. The largest absolute Gasteiger partial charge is 0.497 e. The number of nitrogens with one attached hydrogen (secondary N) is 1. The van der Waals surface area contributed by atoms with Crippen LogP contribution in [-0.2, 0) is 15.6 Å². The average Bonchev–Trinajstić information content (AvgIpc) is 3.15. The van der Waals surface area contributed by atoms with E-state index < -0.39 is 21.8 Å². The molecule has 32 heavy (non-hydrogen) atoms. The van der Waals surface area contributed by atoms with Crippen molar-refractivity contribution in [2.75, 3.05) is 13.4 Å². The van der Waals surface area contributed by atoms with Crippen LogP contribution in [0.3, 0.4) is 0 Å². The summed E-state index contributed by atoms with van der Waals surface area (Å²) in [4.78, 5) is 13.4. The first kappa shape index (κ1) is 21.6. The van der Waals surface area contributed by atoms with Crippen LogP contribution in [0, 0.1) is 0 Å². The number of sulfone groups is 1. The zero-order chi connectivity index (χ0) is 22.7. The Morgan fingerprint density at radius 2 is 1.56 bits per heavy atom. The first-order valence-electron chi connectivity index (χ1n) is 10.0. The van der Waals surface area contributed by atoms with E-state index >= 15 is 0 Å². The Balaban J connectivity index is 1.75. The molecule has 3 aromatic carbocycles. The molecule has 1 heterocycles. The highest BCUT2D eigenvalue weighted by Gasteiger charge is 2.26. The van der Waals surface area contributed by atoms with Crippen LogP contribution in [0.15, 0.2) is 83.3 Å². The number of hydrogen-bond donors (Lipinski definition) is 1. The number of benzene rings is 3. The third kappa shape index (κ3) is 4.68. The van der Waals surface area contributed by atoms with E-state index in [4.69, 9.17) is 9.15 Å². The Bertz CT molecular complexity index is 1340. The zero-order valence-electron chi connectivity index (χ0n) is 17.7. The van der Waals surface area contributed by atoms with Crippen molar-refractivity contribution in [3.05, 3.63) is 101 Å². The lowest BCUT2D eigenvalue weighted by Gasteiger charge is -2.20. The standard InChI is InChI=1S/C25H23NO5S/c1-30-19-14-12-18(13-15-19)23(17-8-4-3-5-9-17)26-25(27)24-21(16-32(2,28)29)20-10-6-7-11-22(20)31-24/h3-15,23H,16H2,1-2H3,(H,26,27). The molecular weight excluding hydrogens is 426 g/mol. The molecule has 1 aromatic heterocycles. The minimum Gasteiger partial charge on any atom is -0.497 e. The van der Waals surface area contributed by atoms with Crippen LogP contribution in [0.4, 0.5) is 0 Å². The highest BCUT2D eigenvalue weighted by molar-refractivity contribution is 7.89. The van der Waals surface area contributed by atoms with E-state index in [1.54, 1.807) is 31.4 Å². The molecule has 6 nitrogen and oxygen atoms in total. The molecule has 0 aliphatic rings. The van der Waals surface area contributed by atoms with Gasteiger partial charge in [0.2, 0.25) is 0 Å². The Kier molecular flexibility index (Phi) is 6.01. The fourth-order valence-corrected chi connectivity index (χ4v) is 4.50. The topological polar surface area (TPSA) is 85.6 Å². The Labute approximate surface area is 186 Å². The molecule has 164 valence electrons. The van der Waals surface area contributed by atoms with Crippen molar-refractivity contribution in [3.63, 3.8) is 0 Å². The minimum atomic E-state index is -3.39. The molecule has 0 aliphatic heterocycles. The van der Waals surface area contributed by atoms with Crippen molar-refractivity contribution in [1.82, 2.24) is 5.32 Å². The molecule has 1 unspecified atom stereocenters. The SMILES string of the molecule is COc1ccc(C(NC(=O)c2oc3ccccc3c2CS(C)(=O)=O)c2ccccc2)cc1. The maximum atomic E-state index is 13.4. The lowest BCUT2D eigenvalue weighted by Crippen LogP contribution is -2.29. The molecular formula is C25H23NO5S. The number of hydrogen-bond acceptors (Lipinski definition) is 5. The molecule has 1 amide bonds. The van der Waals surface area contributed by atoms with Gasteiger partial charge in [-0.2, -0.15) is 0 Å². The molecule has 0 fully saturated rings. The highest BCUT2D eigenvalue weighted by atomic mass is 32.2. The van der Waals surface area contributed by atoms with Crippen LogP contribution < -0.4 is 10.1 Å². The molecule has 1 N–H and O–H groups in total. The number of methoxy groups -OCH3 is 1. The molecule has 0 aliphatic carbocycles. The molecule has 0 spiro atoms. The van der Waals surface area contributed by atoms with Crippen LogP contribution in [0.25, 0.3) is 11.0 Å². The normalized spacial score (nSPS) is 12.4. The van der Waals surface area contributed by atoms with Gasteiger partial charge in [0, 0.05) is 17.2 Å². The minimum absolute atomic E-state index is 0.00562. The van der Waals surface area contributed by atoms with Gasteiger partial charge < -0.3 is 14.5 Å². The van der Waals surface area contributed by atoms with E-state index in [-0.39, 0.29) is 11.5 Å². The van der Waals surface area contributed by atoms with Crippen LogP contribution >= 0.6 is 0 Å². The van der Waals surface area contributed by atoms with Crippen LogP contribution in [-0.4, -0.2) is 27.7 Å². The van der Waals surface area contributed by atoms with Gasteiger partial charge in [-0.3, -0.25) is 4.79 Å². The maximum absolute atomic E-state index is 13.4. The van der Waals surface area contributed by atoms with Crippen molar-refractivity contribution in [2.45, 2.75) is 11.8 Å². The number of carbonyl (C=O) groups is 1. The summed E-state index contributed by atoms with van der Waals surface area (Å²) in [7, 11) is -1.80. The van der Waals surface area contributed by atoms with Gasteiger partial charge in [0.1, 0.15) is 11.3 Å². The number of carbonyl (C=O) groups excluding carboxylic acids is 1. The van der Waals surface area contributed by atoms with E-state index in [0.29, 0.717) is 22.3 Å². The quantitative estimate of drug-likeness (QED) is 0.449. The summed E-state index contributed by atoms with van der Waals surface area (Å²) >= 11 is 0. The van der Waals surface area contributed by atoms with Crippen LogP contribution in [0.2, 0.25) is 0 Å². The Morgan fingerprint density at radius 1 is 0.938 bits per heavy atom. The molecule has 7 heteroatoms. The van der Waals surface area contributed by atoms with Gasteiger partial charge in [0.05, 0.1) is 18.9 Å². The number of amides is 1. The maximum Gasteiger partial charge on any atom is 0.288 e. The highest BCUT2D eigenvalue weighted by Crippen LogP contribution is 2.30. The molecule has 0 radical (unpaired) electrons. The second-order valence-corrected chi connectivity index (χ2v) is 9.71. The first-order valence-corrected chi connectivity index (χ1v) is 12.1. The summed E-state index contributed by atoms with van der Waals surface area (Å²) in [6, 6.07) is 23.5. The van der Waals surface area contributed by atoms with Gasteiger partial charge in [-0.05, 0) is 29.3 Å². The fraction of sp³-hybridized carbons (Fsp3) is 0.160. The number of ether oxygens (including phenoxy) is 1. The van der Waals surface area contributed by atoms with E-state index in [1.165, 1.54) is 0 Å². The molecule has 0 saturated heterocycles. The number of fused-ring (bicyclic) bond motifs is 1. The summed E-state index contributed by atoms with van der Waals surface area (Å²) < 4.78 is 35.2. The summed E-state index contributed by atoms with van der Waals surface area (Å²) in [5.41, 5.74) is 2.57. The molecule has 0 saturated carbocycles. The van der Waals surface area contributed by atoms with Gasteiger partial charge in [-0.25, -0.2) is 8.42 Å². The molecule has 0 bridgehead atoms. The predicted molar refractivity (Wildman–Crippen MR) is 124 cm³/mol. The van der Waals surface area contributed by atoms with E-state index in [9.17, 15) is 13.2 Å². The van der Waals surface area contributed by atoms with Crippen molar-refractivity contribution in [1.29, 1.82) is 0 Å². The number of furan rings is 1. The van der Waals surface area contributed by atoms with E-state index in [0.717, 1.165) is 17.4 Å². The fourth-order valence-electron chi connectivity index (χ4n) is 3.69. The third-order valence-corrected chi connectivity index (χ3v) is 5.98. The summed E-state index contributed by atoms with van der Waals surface area (Å²) in [5, 5.41) is 3.64. The lowest BCUT2D eigenvalue weighted by molar-refractivity contribution is 0.0916. The lowest BCUT2D eigenvalue weighted by atomic mass is 9.98. The van der Waals surface area contributed by atoms with Gasteiger partial charge >= 0.3 is 0 Å². The monoisotopic (exact) mass is 449 g/mol. The van der Waals surface area contributed by atoms with E-state index in [2.05, 4.69) is 5.32 Å². The van der Waals surface area contributed by atoms with Crippen molar-refractivity contribution < 1.29 is 22.4 Å². The molecule has 4 rings (SSSR count). The van der Waals surface area contributed by atoms with Gasteiger partial charge in [-0.1, -0.05) is 60.7 Å². The number of para-hydroxylation sites is 1. The second-order valence-electron chi connectivity index (χ2n) is 7.57. The first-order chi connectivity index (χ1) is 15.4. The van der Waals surface area contributed by atoms with Crippen molar-refractivity contribution in [2.24, 2.45) is 0 Å². The Morgan fingerprint density at radius 3 is 2.22 bits per heavy atom. The van der Waals surface area contributed by atoms with Crippen LogP contribution in [0.1, 0.15) is 33.3 Å². The summed E-state index contributed by atoms with van der Waals surface area (Å²) in [5.74, 6) is -0.0547. The Hall–Kier alpha value is -3.58. The van der Waals surface area contributed by atoms with Crippen molar-refractivity contribution >= 4 is 26.7 Å². The van der Waals surface area contributed by atoms with Gasteiger partial charge in [0.15, 0.2) is 15.6 Å². The van der Waals surface area contributed by atoms with Crippen molar-refractivity contribution in [3.8, 4) is 5.75 Å². The summed E-state index contributed by atoms with van der Waals surface area (Å²) in [6.07, 6.45) is 1.14. The average molecular weight is 450 g/mol. The number of rotatable bonds is 7. The molecule has 4 aromatic rings. The third-order valence-electron chi connectivity index (χ3n) is 5.17. The molecule has 1 atom stereocenters. The van der Waals surface area contributed by atoms with E-state index in [1.807, 2.05) is 54.6 Å². The zero-order valence-corrected chi connectivity index (χ0v) is 18.6. The van der Waals surface area contributed by atoms with Crippen LogP contribution in [0.5, 0.6) is 5.75 Å². The second kappa shape index (κ2) is 8.88. The van der Waals surface area contributed by atoms with Gasteiger partial charge in [0.25, 0.3) is 5.91 Å².